The molecule has 3 amide bonds. The Balaban J connectivity index is 1.38. The third kappa shape index (κ3) is 2.73. The monoisotopic (exact) mass is 354 g/mol. The second kappa shape index (κ2) is 6.29. The summed E-state index contributed by atoms with van der Waals surface area (Å²) in [6.45, 7) is 3.87. The number of imide groups is 1. The Morgan fingerprint density at radius 1 is 1.08 bits per heavy atom. The van der Waals surface area contributed by atoms with E-state index in [1.54, 1.807) is 29.2 Å². The van der Waals surface area contributed by atoms with E-state index in [0.717, 1.165) is 16.5 Å². The van der Waals surface area contributed by atoms with Crippen LogP contribution in [0.1, 0.15) is 26.5 Å². The molecular formula is C18H18N4O4. The highest BCUT2D eigenvalue weighted by Gasteiger charge is 2.37. The molecule has 0 radical (unpaired) electrons. The van der Waals surface area contributed by atoms with E-state index in [-0.39, 0.29) is 12.5 Å². The van der Waals surface area contributed by atoms with Gasteiger partial charge in [-0.2, -0.15) is 0 Å². The number of piperazine rings is 1. The molecule has 0 spiro atoms. The van der Waals surface area contributed by atoms with E-state index in [0.29, 0.717) is 37.3 Å². The van der Waals surface area contributed by atoms with Crippen LogP contribution in [0.3, 0.4) is 0 Å². The maximum absolute atomic E-state index is 12.6. The molecule has 1 saturated heterocycles. The molecule has 8 nitrogen and oxygen atoms in total. The van der Waals surface area contributed by atoms with Gasteiger partial charge >= 0.3 is 0 Å². The Morgan fingerprint density at radius 2 is 1.69 bits per heavy atom. The topological polar surface area (TPSA) is 87.0 Å². The van der Waals surface area contributed by atoms with Crippen molar-refractivity contribution in [3.8, 4) is 0 Å². The van der Waals surface area contributed by atoms with Gasteiger partial charge in [-0.15, -0.1) is 0 Å². The Morgan fingerprint density at radius 3 is 2.23 bits per heavy atom. The van der Waals surface area contributed by atoms with Crippen LogP contribution in [0.2, 0.25) is 0 Å². The number of carbonyl (C=O) groups excluding carboxylic acids is 3. The quantitative estimate of drug-likeness (QED) is 0.762. The molecule has 0 bridgehead atoms. The smallest absolute Gasteiger partial charge is 0.262 e. The summed E-state index contributed by atoms with van der Waals surface area (Å²) in [6.07, 6.45) is 0. The normalized spacial score (nSPS) is 17.0. The van der Waals surface area contributed by atoms with E-state index < -0.39 is 11.8 Å². The molecule has 1 aromatic heterocycles. The van der Waals surface area contributed by atoms with Gasteiger partial charge in [0.05, 0.1) is 11.1 Å². The van der Waals surface area contributed by atoms with Gasteiger partial charge in [0.15, 0.2) is 5.82 Å². The summed E-state index contributed by atoms with van der Waals surface area (Å²) >= 11 is 0. The Labute approximate surface area is 149 Å². The van der Waals surface area contributed by atoms with Crippen LogP contribution in [-0.4, -0.2) is 65.4 Å². The van der Waals surface area contributed by atoms with Crippen LogP contribution in [0.25, 0.3) is 0 Å². The molecule has 0 atom stereocenters. The number of aryl methyl sites for hydroxylation is 1. The van der Waals surface area contributed by atoms with E-state index in [9.17, 15) is 14.4 Å². The summed E-state index contributed by atoms with van der Waals surface area (Å²) < 4.78 is 5.08. The van der Waals surface area contributed by atoms with Crippen LogP contribution >= 0.6 is 0 Å². The van der Waals surface area contributed by atoms with Gasteiger partial charge in [0, 0.05) is 32.2 Å². The lowest BCUT2D eigenvalue weighted by Crippen LogP contribution is -2.52. The molecule has 1 aromatic carbocycles. The molecular weight excluding hydrogens is 336 g/mol. The van der Waals surface area contributed by atoms with E-state index in [1.807, 2.05) is 17.9 Å². The van der Waals surface area contributed by atoms with Crippen LogP contribution < -0.4 is 4.90 Å². The average molecular weight is 354 g/mol. The van der Waals surface area contributed by atoms with Crippen molar-refractivity contribution in [1.29, 1.82) is 0 Å². The van der Waals surface area contributed by atoms with Crippen molar-refractivity contribution in [2.75, 3.05) is 37.6 Å². The van der Waals surface area contributed by atoms with Crippen LogP contribution in [0.15, 0.2) is 34.9 Å². The highest BCUT2D eigenvalue weighted by molar-refractivity contribution is 6.22. The van der Waals surface area contributed by atoms with Crippen LogP contribution in [0.5, 0.6) is 0 Å². The fraction of sp³-hybridized carbons (Fsp3) is 0.333. The van der Waals surface area contributed by atoms with Crippen molar-refractivity contribution in [2.45, 2.75) is 6.92 Å². The minimum absolute atomic E-state index is 0.226. The summed E-state index contributed by atoms with van der Waals surface area (Å²) in [6, 6.07) is 8.49. The van der Waals surface area contributed by atoms with Crippen molar-refractivity contribution in [3.05, 3.63) is 47.2 Å². The Kier molecular flexibility index (Phi) is 3.95. The molecule has 4 rings (SSSR count). The highest BCUT2D eigenvalue weighted by Crippen LogP contribution is 2.22. The van der Waals surface area contributed by atoms with E-state index in [2.05, 4.69) is 5.16 Å². The lowest BCUT2D eigenvalue weighted by molar-refractivity contribution is -0.131. The number of aromatic nitrogens is 1. The number of nitrogens with zero attached hydrogens (tertiary/aromatic N) is 4. The SMILES string of the molecule is Cc1cc(N2CCN(C(=O)CN3C(=O)c4ccccc4C3=O)CC2)no1. The first kappa shape index (κ1) is 16.3. The standard InChI is InChI=1S/C18H18N4O4/c1-12-10-15(19-26-12)20-6-8-21(9-7-20)16(23)11-22-17(24)13-4-2-3-5-14(13)18(22)25/h2-5,10H,6-9,11H2,1H3. The molecule has 0 unspecified atom stereocenters. The van der Waals surface area contributed by atoms with Gasteiger partial charge in [0.2, 0.25) is 5.91 Å². The molecule has 3 heterocycles. The molecule has 2 aliphatic heterocycles. The molecule has 1 fully saturated rings. The van der Waals surface area contributed by atoms with Crippen molar-refractivity contribution in [2.24, 2.45) is 0 Å². The van der Waals surface area contributed by atoms with Crippen molar-refractivity contribution in [3.63, 3.8) is 0 Å². The van der Waals surface area contributed by atoms with E-state index in [1.165, 1.54) is 0 Å². The zero-order valence-corrected chi connectivity index (χ0v) is 14.3. The van der Waals surface area contributed by atoms with Gasteiger partial charge in [-0.3, -0.25) is 19.3 Å². The van der Waals surface area contributed by atoms with Gasteiger partial charge in [-0.1, -0.05) is 17.3 Å². The van der Waals surface area contributed by atoms with Crippen molar-refractivity contribution in [1.82, 2.24) is 15.0 Å². The minimum atomic E-state index is -0.407. The number of rotatable bonds is 3. The number of fused-ring (bicyclic) bond motifs is 1. The number of anilines is 1. The number of amides is 3. The first-order valence-corrected chi connectivity index (χ1v) is 8.46. The molecule has 2 aromatic rings. The second-order valence-corrected chi connectivity index (χ2v) is 6.41. The van der Waals surface area contributed by atoms with Crippen LogP contribution in [0.4, 0.5) is 5.82 Å². The zero-order chi connectivity index (χ0) is 18.3. The Hall–Kier alpha value is -3.16. The minimum Gasteiger partial charge on any atom is -0.360 e. The third-order valence-corrected chi connectivity index (χ3v) is 4.74. The maximum atomic E-state index is 12.6. The van der Waals surface area contributed by atoms with Crippen molar-refractivity contribution >= 4 is 23.5 Å². The number of carbonyl (C=O) groups is 3. The van der Waals surface area contributed by atoms with Gasteiger partial charge in [-0.25, -0.2) is 0 Å². The van der Waals surface area contributed by atoms with Gasteiger partial charge < -0.3 is 14.3 Å². The zero-order valence-electron chi connectivity index (χ0n) is 14.3. The largest absolute Gasteiger partial charge is 0.360 e. The average Bonchev–Trinajstić information content (AvgIpc) is 3.20. The highest BCUT2D eigenvalue weighted by atomic mass is 16.5. The fourth-order valence-corrected chi connectivity index (χ4v) is 3.31. The molecule has 2 aliphatic rings. The lowest BCUT2D eigenvalue weighted by Gasteiger charge is -2.35. The molecule has 0 saturated carbocycles. The van der Waals surface area contributed by atoms with Crippen molar-refractivity contribution < 1.29 is 18.9 Å². The summed E-state index contributed by atoms with van der Waals surface area (Å²) in [7, 11) is 0. The third-order valence-electron chi connectivity index (χ3n) is 4.74. The molecule has 0 N–H and O–H groups in total. The number of hydrogen-bond acceptors (Lipinski definition) is 6. The Bertz CT molecular complexity index is 848. The first-order chi connectivity index (χ1) is 12.5. The lowest BCUT2D eigenvalue weighted by atomic mass is 10.1. The number of hydrogen-bond donors (Lipinski definition) is 0. The fourth-order valence-electron chi connectivity index (χ4n) is 3.31. The molecule has 26 heavy (non-hydrogen) atoms. The summed E-state index contributed by atoms with van der Waals surface area (Å²) in [5.41, 5.74) is 0.716. The molecule has 134 valence electrons. The predicted molar refractivity (Wildman–Crippen MR) is 91.8 cm³/mol. The maximum Gasteiger partial charge on any atom is 0.262 e. The molecule has 0 aliphatic carbocycles. The van der Waals surface area contributed by atoms with E-state index >= 15 is 0 Å². The van der Waals surface area contributed by atoms with E-state index in [4.69, 9.17) is 4.52 Å². The predicted octanol–water partition coefficient (Wildman–Crippen LogP) is 0.928. The van der Waals surface area contributed by atoms with Gasteiger partial charge in [0.25, 0.3) is 11.8 Å². The second-order valence-electron chi connectivity index (χ2n) is 6.41. The van der Waals surface area contributed by atoms with Crippen LogP contribution in [0, 0.1) is 6.92 Å². The number of benzene rings is 1. The first-order valence-electron chi connectivity index (χ1n) is 8.46. The van der Waals surface area contributed by atoms with Gasteiger partial charge in [-0.05, 0) is 19.1 Å². The van der Waals surface area contributed by atoms with Gasteiger partial charge in [0.1, 0.15) is 12.3 Å². The molecule has 8 heteroatoms. The summed E-state index contributed by atoms with van der Waals surface area (Å²) in [5, 5.41) is 3.99. The summed E-state index contributed by atoms with van der Waals surface area (Å²) in [4.78, 5) is 42.1. The van der Waals surface area contributed by atoms with Crippen LogP contribution in [-0.2, 0) is 4.79 Å². The summed E-state index contributed by atoms with van der Waals surface area (Å²) in [5.74, 6) is 0.459.